The molecular formula is C11H21INO2+. The van der Waals surface area contributed by atoms with Gasteiger partial charge in [-0.3, -0.25) is 4.79 Å². The van der Waals surface area contributed by atoms with Crippen LogP contribution in [0.3, 0.4) is 0 Å². The number of hydrogen-bond donors (Lipinski definition) is 1. The maximum absolute atomic E-state index is 11.5. The van der Waals surface area contributed by atoms with Crippen LogP contribution in [-0.4, -0.2) is 29.1 Å². The van der Waals surface area contributed by atoms with Gasteiger partial charge in [0.2, 0.25) is 0 Å². The van der Waals surface area contributed by atoms with E-state index in [1.165, 1.54) is 0 Å². The Morgan fingerprint density at radius 1 is 1.47 bits per heavy atom. The Balaban J connectivity index is 2.45. The first kappa shape index (κ1) is 13.2. The van der Waals surface area contributed by atoms with Crippen molar-refractivity contribution in [1.29, 1.82) is 0 Å². The average molecular weight is 326 g/mol. The quantitative estimate of drug-likeness (QED) is 0.478. The number of quaternary nitrogens is 1. The number of hydrogen-bond acceptors (Lipinski definition) is 2. The van der Waals surface area contributed by atoms with E-state index < -0.39 is 0 Å². The molecule has 0 unspecified atom stereocenters. The molecule has 88 valence electrons. The molecule has 0 aromatic carbocycles. The van der Waals surface area contributed by atoms with Gasteiger partial charge in [0.25, 0.3) is 0 Å². The normalized spacial score (nSPS) is 18.9. The monoisotopic (exact) mass is 326 g/mol. The maximum atomic E-state index is 11.5. The Hall–Kier alpha value is 0.160. The van der Waals surface area contributed by atoms with Gasteiger partial charge in [0, 0.05) is 23.2 Å². The molecule has 0 aromatic heterocycles. The van der Waals surface area contributed by atoms with Gasteiger partial charge < -0.3 is 10.1 Å². The standard InChI is InChI=1S/C11H20INO2/c1-11(2,15-10(14)3-6-12)9-4-7-13-8-5-9/h9,13H,3-8H2,1-2H3/p+1. The summed E-state index contributed by atoms with van der Waals surface area (Å²) in [7, 11) is 0. The summed E-state index contributed by atoms with van der Waals surface area (Å²) in [6.07, 6.45) is 2.85. The molecule has 4 heteroatoms. The Labute approximate surface area is 105 Å². The smallest absolute Gasteiger partial charge is 0.307 e. The molecule has 0 spiro atoms. The van der Waals surface area contributed by atoms with E-state index in [2.05, 4.69) is 27.9 Å². The number of nitrogens with two attached hydrogens (primary N) is 1. The molecule has 0 radical (unpaired) electrons. The van der Waals surface area contributed by atoms with Gasteiger partial charge in [-0.15, -0.1) is 0 Å². The highest BCUT2D eigenvalue weighted by Gasteiger charge is 2.34. The molecule has 1 fully saturated rings. The van der Waals surface area contributed by atoms with E-state index in [4.69, 9.17) is 4.74 Å². The molecule has 0 aromatic rings. The van der Waals surface area contributed by atoms with Crippen molar-refractivity contribution in [2.45, 2.75) is 38.7 Å². The predicted octanol–water partition coefficient (Wildman–Crippen LogP) is 1.11. The SMILES string of the molecule is CC(C)(OC(=O)CCI)C1CC[NH2+]CC1. The molecule has 2 N–H and O–H groups in total. The van der Waals surface area contributed by atoms with Crippen LogP contribution < -0.4 is 5.32 Å². The van der Waals surface area contributed by atoms with Crippen LogP contribution in [0, 0.1) is 5.92 Å². The van der Waals surface area contributed by atoms with Crippen LogP contribution in [0.2, 0.25) is 0 Å². The van der Waals surface area contributed by atoms with Crippen LogP contribution in [0.1, 0.15) is 33.1 Å². The Morgan fingerprint density at radius 2 is 2.07 bits per heavy atom. The van der Waals surface area contributed by atoms with E-state index in [0.717, 1.165) is 30.4 Å². The van der Waals surface area contributed by atoms with Crippen molar-refractivity contribution in [2.24, 2.45) is 5.92 Å². The lowest BCUT2D eigenvalue weighted by Crippen LogP contribution is -2.86. The molecule has 0 saturated carbocycles. The average Bonchev–Trinajstić information content (AvgIpc) is 2.18. The van der Waals surface area contributed by atoms with E-state index in [-0.39, 0.29) is 11.6 Å². The molecule has 1 rings (SSSR count). The van der Waals surface area contributed by atoms with Gasteiger partial charge in [-0.1, -0.05) is 22.6 Å². The Bertz CT molecular complexity index is 213. The zero-order chi connectivity index (χ0) is 11.3. The predicted molar refractivity (Wildman–Crippen MR) is 68.1 cm³/mol. The highest BCUT2D eigenvalue weighted by molar-refractivity contribution is 14.1. The third-order valence-corrected chi connectivity index (χ3v) is 3.64. The summed E-state index contributed by atoms with van der Waals surface area (Å²) >= 11 is 2.20. The summed E-state index contributed by atoms with van der Waals surface area (Å²) in [6, 6.07) is 0. The van der Waals surface area contributed by atoms with Crippen molar-refractivity contribution in [3.05, 3.63) is 0 Å². The first-order valence-corrected chi connectivity index (χ1v) is 7.18. The summed E-state index contributed by atoms with van der Waals surface area (Å²) in [4.78, 5) is 11.5. The topological polar surface area (TPSA) is 42.9 Å². The van der Waals surface area contributed by atoms with Crippen molar-refractivity contribution in [1.82, 2.24) is 0 Å². The van der Waals surface area contributed by atoms with Crippen LogP contribution in [0.15, 0.2) is 0 Å². The lowest BCUT2D eigenvalue weighted by atomic mass is 9.83. The molecule has 3 nitrogen and oxygen atoms in total. The minimum atomic E-state index is -0.281. The second-order valence-electron chi connectivity index (χ2n) is 4.66. The number of piperidine rings is 1. The summed E-state index contributed by atoms with van der Waals surface area (Å²) in [5.41, 5.74) is -0.281. The van der Waals surface area contributed by atoms with Gasteiger partial charge in [-0.25, -0.2) is 0 Å². The zero-order valence-electron chi connectivity index (χ0n) is 9.59. The maximum Gasteiger partial charge on any atom is 0.307 e. The van der Waals surface area contributed by atoms with Crippen molar-refractivity contribution in [3.8, 4) is 0 Å². The van der Waals surface area contributed by atoms with Crippen LogP contribution in [-0.2, 0) is 9.53 Å². The minimum Gasteiger partial charge on any atom is -0.459 e. The molecule has 1 saturated heterocycles. The fraction of sp³-hybridized carbons (Fsp3) is 0.909. The minimum absolute atomic E-state index is 0.0519. The molecule has 0 amide bonds. The Morgan fingerprint density at radius 3 is 2.60 bits per heavy atom. The van der Waals surface area contributed by atoms with Crippen molar-refractivity contribution < 1.29 is 14.8 Å². The summed E-state index contributed by atoms with van der Waals surface area (Å²) in [5, 5.41) is 2.33. The number of esters is 1. The van der Waals surface area contributed by atoms with E-state index >= 15 is 0 Å². The zero-order valence-corrected chi connectivity index (χ0v) is 11.7. The Kier molecular flexibility index (Phi) is 5.32. The third kappa shape index (κ3) is 4.26. The summed E-state index contributed by atoms with van der Waals surface area (Å²) in [5.74, 6) is 0.476. The number of alkyl halides is 1. The van der Waals surface area contributed by atoms with Gasteiger partial charge >= 0.3 is 5.97 Å². The van der Waals surface area contributed by atoms with E-state index in [1.54, 1.807) is 0 Å². The number of rotatable bonds is 4. The van der Waals surface area contributed by atoms with E-state index in [1.807, 2.05) is 13.8 Å². The number of ether oxygens (including phenoxy) is 1. The van der Waals surface area contributed by atoms with Crippen LogP contribution in [0.4, 0.5) is 0 Å². The van der Waals surface area contributed by atoms with E-state index in [9.17, 15) is 4.79 Å². The van der Waals surface area contributed by atoms with Gasteiger partial charge in [-0.2, -0.15) is 0 Å². The molecule has 15 heavy (non-hydrogen) atoms. The molecule has 1 aliphatic heterocycles. The fourth-order valence-corrected chi connectivity index (χ4v) is 2.57. The van der Waals surface area contributed by atoms with Gasteiger partial charge in [0.1, 0.15) is 5.60 Å². The largest absolute Gasteiger partial charge is 0.459 e. The molecule has 0 bridgehead atoms. The molecule has 1 heterocycles. The molecule has 0 atom stereocenters. The number of carbonyl (C=O) groups excluding carboxylic acids is 1. The van der Waals surface area contributed by atoms with Gasteiger partial charge in [0.15, 0.2) is 0 Å². The van der Waals surface area contributed by atoms with Gasteiger partial charge in [-0.05, 0) is 13.8 Å². The highest BCUT2D eigenvalue weighted by atomic mass is 127. The first-order valence-electron chi connectivity index (χ1n) is 5.65. The second kappa shape index (κ2) is 6.03. The van der Waals surface area contributed by atoms with E-state index in [0.29, 0.717) is 12.3 Å². The number of carbonyl (C=O) groups is 1. The van der Waals surface area contributed by atoms with Gasteiger partial charge in [0.05, 0.1) is 19.5 Å². The number of halogens is 1. The third-order valence-electron chi connectivity index (χ3n) is 3.10. The van der Waals surface area contributed by atoms with Crippen LogP contribution >= 0.6 is 22.6 Å². The first-order chi connectivity index (χ1) is 7.06. The summed E-state index contributed by atoms with van der Waals surface area (Å²) in [6.45, 7) is 6.43. The lowest BCUT2D eigenvalue weighted by Gasteiger charge is -2.35. The van der Waals surface area contributed by atoms with Crippen LogP contribution in [0.25, 0.3) is 0 Å². The molecule has 1 aliphatic rings. The van der Waals surface area contributed by atoms with Crippen LogP contribution in [0.5, 0.6) is 0 Å². The second-order valence-corrected chi connectivity index (χ2v) is 5.74. The van der Waals surface area contributed by atoms with Crippen molar-refractivity contribution >= 4 is 28.6 Å². The highest BCUT2D eigenvalue weighted by Crippen LogP contribution is 2.28. The lowest BCUT2D eigenvalue weighted by molar-refractivity contribution is -0.665. The summed E-state index contributed by atoms with van der Waals surface area (Å²) < 4.78 is 6.40. The van der Waals surface area contributed by atoms with Crippen molar-refractivity contribution in [3.63, 3.8) is 0 Å². The molecular weight excluding hydrogens is 305 g/mol. The van der Waals surface area contributed by atoms with Crippen molar-refractivity contribution in [2.75, 3.05) is 17.5 Å². The fourth-order valence-electron chi connectivity index (χ4n) is 2.13. The molecule has 0 aliphatic carbocycles.